The summed E-state index contributed by atoms with van der Waals surface area (Å²) in [7, 11) is 0. The van der Waals surface area contributed by atoms with Crippen LogP contribution in [0.5, 0.6) is 0 Å². The largest absolute Gasteiger partial charge is 0.383 e. The number of nitrogens with one attached hydrogen (secondary N) is 1. The minimum Gasteiger partial charge on any atom is -0.383 e. The lowest BCUT2D eigenvalue weighted by Crippen LogP contribution is -2.19. The van der Waals surface area contributed by atoms with E-state index in [9.17, 15) is 0 Å². The zero-order chi connectivity index (χ0) is 16.4. The van der Waals surface area contributed by atoms with Crippen LogP contribution >= 0.6 is 11.6 Å². The van der Waals surface area contributed by atoms with Gasteiger partial charge in [0.25, 0.3) is 0 Å². The summed E-state index contributed by atoms with van der Waals surface area (Å²) in [6, 6.07) is 4.15. The molecule has 1 atom stereocenters. The molecule has 0 bridgehead atoms. The van der Waals surface area contributed by atoms with E-state index in [1.54, 1.807) is 12.7 Å². The highest BCUT2D eigenvalue weighted by atomic mass is 35.5. The molecule has 1 aliphatic rings. The molecule has 1 fully saturated rings. The molecule has 3 aromatic rings. The zero-order valence-electron chi connectivity index (χ0n) is 13.2. The topological polar surface area (TPSA) is 69.8 Å². The number of halogens is 1. The van der Waals surface area contributed by atoms with E-state index < -0.39 is 0 Å². The molecule has 24 heavy (non-hydrogen) atoms. The van der Waals surface area contributed by atoms with Crippen molar-refractivity contribution in [3.63, 3.8) is 0 Å². The number of fused-ring (bicyclic) bond motifs is 1. The van der Waals surface area contributed by atoms with Crippen LogP contribution in [-0.4, -0.2) is 43.6 Å². The molecule has 0 saturated carbocycles. The molecule has 1 N–H and O–H groups in total. The van der Waals surface area contributed by atoms with Gasteiger partial charge in [-0.1, -0.05) is 0 Å². The quantitative estimate of drug-likeness (QED) is 0.719. The number of hydrogen-bond acceptors (Lipinski definition) is 5. The number of aromatic nitrogens is 5. The van der Waals surface area contributed by atoms with Crippen LogP contribution in [0.3, 0.4) is 0 Å². The second-order valence-electron chi connectivity index (χ2n) is 5.82. The first kappa shape index (κ1) is 15.4. The lowest BCUT2D eigenvalue weighted by atomic mass is 10.1. The first-order chi connectivity index (χ1) is 11.9. The van der Waals surface area contributed by atoms with Crippen molar-refractivity contribution < 1.29 is 4.74 Å². The Hall–Kier alpha value is -2.12. The average Bonchev–Trinajstić information content (AvgIpc) is 3.30. The van der Waals surface area contributed by atoms with Gasteiger partial charge in [0.2, 0.25) is 0 Å². The molecule has 1 unspecified atom stereocenters. The number of ether oxygens (including phenoxy) is 1. The summed E-state index contributed by atoms with van der Waals surface area (Å²) >= 11 is 5.84. The first-order valence-corrected chi connectivity index (χ1v) is 8.68. The van der Waals surface area contributed by atoms with E-state index in [0.717, 1.165) is 48.1 Å². The van der Waals surface area contributed by atoms with Crippen molar-refractivity contribution >= 4 is 28.2 Å². The molecule has 4 rings (SSSR count). The Labute approximate surface area is 144 Å². The highest BCUT2D eigenvalue weighted by Gasteiger charge is 2.20. The summed E-state index contributed by atoms with van der Waals surface area (Å²) < 4.78 is 9.77. The van der Waals surface area contributed by atoms with Crippen molar-refractivity contribution in [1.29, 1.82) is 0 Å². The molecule has 1 aliphatic heterocycles. The molecule has 0 amide bonds. The third kappa shape index (κ3) is 2.85. The highest BCUT2D eigenvalue weighted by molar-refractivity contribution is 6.18. The third-order valence-electron chi connectivity index (χ3n) is 4.26. The average molecular weight is 347 g/mol. The standard InChI is InChI=1S/C16H19ClN6O/c17-4-5-18-14-7-12(22-10-19-20-11-22)8-15-13(14)9-21-23(15)16-3-1-2-6-24-16/h7-11,16,18H,1-6H2. The normalized spacial score (nSPS) is 18.1. The smallest absolute Gasteiger partial charge is 0.150 e. The minimum absolute atomic E-state index is 0.00621. The fourth-order valence-corrected chi connectivity index (χ4v) is 3.18. The van der Waals surface area contributed by atoms with E-state index in [1.165, 1.54) is 0 Å². The van der Waals surface area contributed by atoms with Crippen molar-refractivity contribution in [2.75, 3.05) is 24.3 Å². The van der Waals surface area contributed by atoms with Gasteiger partial charge in [-0.3, -0.25) is 4.57 Å². The maximum absolute atomic E-state index is 5.91. The van der Waals surface area contributed by atoms with Crippen LogP contribution in [0.2, 0.25) is 0 Å². The fourth-order valence-electron chi connectivity index (χ4n) is 3.09. The van der Waals surface area contributed by atoms with E-state index in [1.807, 2.05) is 15.4 Å². The van der Waals surface area contributed by atoms with Crippen molar-refractivity contribution in [1.82, 2.24) is 24.5 Å². The number of benzene rings is 1. The Morgan fingerprint density at radius 1 is 1.25 bits per heavy atom. The summed E-state index contributed by atoms with van der Waals surface area (Å²) in [5.74, 6) is 0.540. The summed E-state index contributed by atoms with van der Waals surface area (Å²) in [6.45, 7) is 1.47. The first-order valence-electron chi connectivity index (χ1n) is 8.14. The molecule has 1 aromatic carbocycles. The maximum atomic E-state index is 5.91. The lowest BCUT2D eigenvalue weighted by Gasteiger charge is -2.23. The van der Waals surface area contributed by atoms with Gasteiger partial charge in [-0.15, -0.1) is 21.8 Å². The number of alkyl halides is 1. The molecular formula is C16H19ClN6O. The van der Waals surface area contributed by atoms with Gasteiger partial charge >= 0.3 is 0 Å². The third-order valence-corrected chi connectivity index (χ3v) is 4.45. The van der Waals surface area contributed by atoms with E-state index in [4.69, 9.17) is 16.3 Å². The summed E-state index contributed by atoms with van der Waals surface area (Å²) in [5, 5.41) is 16.8. The molecule has 0 radical (unpaired) electrons. The van der Waals surface area contributed by atoms with Crippen molar-refractivity contribution in [2.24, 2.45) is 0 Å². The summed E-state index contributed by atoms with van der Waals surface area (Å²) in [4.78, 5) is 0. The lowest BCUT2D eigenvalue weighted by molar-refractivity contribution is -0.0366. The summed E-state index contributed by atoms with van der Waals surface area (Å²) in [5.41, 5.74) is 3.01. The van der Waals surface area contributed by atoms with Crippen LogP contribution in [0.1, 0.15) is 25.5 Å². The van der Waals surface area contributed by atoms with Gasteiger partial charge in [-0.25, -0.2) is 4.68 Å². The van der Waals surface area contributed by atoms with E-state index >= 15 is 0 Å². The Kier molecular flexibility index (Phi) is 4.36. The molecule has 1 saturated heterocycles. The highest BCUT2D eigenvalue weighted by Crippen LogP contribution is 2.31. The molecule has 3 heterocycles. The van der Waals surface area contributed by atoms with E-state index in [-0.39, 0.29) is 6.23 Å². The Morgan fingerprint density at radius 2 is 2.12 bits per heavy atom. The van der Waals surface area contributed by atoms with Gasteiger partial charge in [-0.2, -0.15) is 5.10 Å². The second kappa shape index (κ2) is 6.78. The van der Waals surface area contributed by atoms with Gasteiger partial charge in [0, 0.05) is 30.1 Å². The van der Waals surface area contributed by atoms with Gasteiger partial charge < -0.3 is 10.1 Å². The molecule has 7 nitrogen and oxygen atoms in total. The van der Waals surface area contributed by atoms with Crippen LogP contribution in [0.25, 0.3) is 16.6 Å². The van der Waals surface area contributed by atoms with Crippen LogP contribution < -0.4 is 5.32 Å². The predicted octanol–water partition coefficient (Wildman–Crippen LogP) is 2.97. The number of rotatable bonds is 5. The Morgan fingerprint density at radius 3 is 2.88 bits per heavy atom. The van der Waals surface area contributed by atoms with E-state index in [0.29, 0.717) is 12.4 Å². The Bertz CT molecular complexity index is 809. The van der Waals surface area contributed by atoms with Gasteiger partial charge in [0.15, 0.2) is 6.23 Å². The monoisotopic (exact) mass is 346 g/mol. The minimum atomic E-state index is -0.00621. The number of anilines is 1. The molecule has 0 aliphatic carbocycles. The van der Waals surface area contributed by atoms with Gasteiger partial charge in [0.1, 0.15) is 12.7 Å². The van der Waals surface area contributed by atoms with Crippen LogP contribution in [0, 0.1) is 0 Å². The van der Waals surface area contributed by atoms with Crippen LogP contribution in [0.4, 0.5) is 5.69 Å². The zero-order valence-corrected chi connectivity index (χ0v) is 14.0. The number of nitrogens with zero attached hydrogens (tertiary/aromatic N) is 5. The SMILES string of the molecule is ClCCNc1cc(-n2cnnc2)cc2c1cnn2C1CCCCO1. The fraction of sp³-hybridized carbons (Fsp3) is 0.438. The van der Waals surface area contributed by atoms with Crippen molar-refractivity contribution in [3.8, 4) is 5.69 Å². The van der Waals surface area contributed by atoms with Crippen LogP contribution in [-0.2, 0) is 4.74 Å². The van der Waals surface area contributed by atoms with E-state index in [2.05, 4.69) is 32.7 Å². The molecule has 0 spiro atoms. The van der Waals surface area contributed by atoms with Crippen molar-refractivity contribution in [2.45, 2.75) is 25.5 Å². The van der Waals surface area contributed by atoms with Crippen molar-refractivity contribution in [3.05, 3.63) is 31.0 Å². The molecule has 8 heteroatoms. The second-order valence-corrected chi connectivity index (χ2v) is 6.20. The Balaban J connectivity index is 1.82. The maximum Gasteiger partial charge on any atom is 0.150 e. The predicted molar refractivity (Wildman–Crippen MR) is 92.7 cm³/mol. The van der Waals surface area contributed by atoms with Gasteiger partial charge in [0.05, 0.1) is 17.4 Å². The van der Waals surface area contributed by atoms with Crippen LogP contribution in [0.15, 0.2) is 31.0 Å². The molecule has 2 aromatic heterocycles. The molecular weight excluding hydrogens is 328 g/mol. The molecule has 126 valence electrons. The summed E-state index contributed by atoms with van der Waals surface area (Å²) in [6.07, 6.45) is 8.51. The number of hydrogen-bond donors (Lipinski definition) is 1. The van der Waals surface area contributed by atoms with Gasteiger partial charge in [-0.05, 0) is 31.4 Å².